The number of pyridine rings is 1. The van der Waals surface area contributed by atoms with Gasteiger partial charge in [0.1, 0.15) is 17.5 Å². The Balaban J connectivity index is 2.61. The predicted molar refractivity (Wildman–Crippen MR) is 67.9 cm³/mol. The van der Waals surface area contributed by atoms with Crippen LogP contribution in [0.1, 0.15) is 15.9 Å². The van der Waals surface area contributed by atoms with E-state index in [2.05, 4.69) is 4.98 Å². The van der Waals surface area contributed by atoms with E-state index in [4.69, 9.17) is 15.1 Å². The minimum absolute atomic E-state index is 0.121. The highest BCUT2D eigenvalue weighted by Gasteiger charge is 2.17. The molecule has 0 spiro atoms. The van der Waals surface area contributed by atoms with Crippen LogP contribution in [-0.4, -0.2) is 23.2 Å². The summed E-state index contributed by atoms with van der Waals surface area (Å²) in [7, 11) is 1.42. The zero-order valence-corrected chi connectivity index (χ0v) is 10.4. The summed E-state index contributed by atoms with van der Waals surface area (Å²) >= 11 is 0. The van der Waals surface area contributed by atoms with Crippen molar-refractivity contribution in [2.24, 2.45) is 0 Å². The molecule has 0 saturated heterocycles. The van der Waals surface area contributed by atoms with Crippen molar-refractivity contribution in [3.63, 3.8) is 0 Å². The van der Waals surface area contributed by atoms with Crippen LogP contribution in [0, 0.1) is 17.1 Å². The Morgan fingerprint density at radius 3 is 2.80 bits per heavy atom. The lowest BCUT2D eigenvalue weighted by atomic mass is 10.0. The summed E-state index contributed by atoms with van der Waals surface area (Å²) in [5, 5.41) is 17.9. The quantitative estimate of drug-likeness (QED) is 0.927. The van der Waals surface area contributed by atoms with E-state index < -0.39 is 17.3 Å². The van der Waals surface area contributed by atoms with Gasteiger partial charge in [0.15, 0.2) is 5.82 Å². The number of ether oxygens (including phenoxy) is 1. The molecule has 0 fully saturated rings. The van der Waals surface area contributed by atoms with Gasteiger partial charge in [0.2, 0.25) is 0 Å². The average Bonchev–Trinajstić information content (AvgIpc) is 2.46. The highest BCUT2D eigenvalue weighted by Crippen LogP contribution is 2.27. The molecule has 6 heteroatoms. The summed E-state index contributed by atoms with van der Waals surface area (Å²) in [6.45, 7) is 0. The summed E-state index contributed by atoms with van der Waals surface area (Å²) in [6, 6.07) is 7.41. The largest absolute Gasteiger partial charge is 0.495 e. The van der Waals surface area contributed by atoms with Gasteiger partial charge in [-0.3, -0.25) is 4.98 Å². The van der Waals surface area contributed by atoms with Gasteiger partial charge in [-0.2, -0.15) is 5.26 Å². The number of carboxylic acids is 1. The molecule has 100 valence electrons. The zero-order chi connectivity index (χ0) is 14.7. The van der Waals surface area contributed by atoms with Gasteiger partial charge < -0.3 is 9.84 Å². The van der Waals surface area contributed by atoms with E-state index in [0.717, 1.165) is 6.07 Å². The van der Waals surface area contributed by atoms with Crippen LogP contribution in [0.3, 0.4) is 0 Å². The van der Waals surface area contributed by atoms with E-state index in [1.165, 1.54) is 31.5 Å². The number of hydrogen-bond donors (Lipinski definition) is 1. The van der Waals surface area contributed by atoms with E-state index in [-0.39, 0.29) is 11.3 Å². The van der Waals surface area contributed by atoms with Crippen LogP contribution < -0.4 is 4.74 Å². The standard InChI is InChI=1S/C14H9FN2O3/c1-20-11-3-2-8(6-9(11)7-16)13-12(15)10(14(18)19)4-5-17-13/h2-6H,1H3,(H,18,19). The molecular weight excluding hydrogens is 263 g/mol. The van der Waals surface area contributed by atoms with E-state index >= 15 is 0 Å². The predicted octanol–water partition coefficient (Wildman–Crippen LogP) is 2.47. The molecule has 0 bridgehead atoms. The third-order valence-electron chi connectivity index (χ3n) is 2.71. The minimum atomic E-state index is -1.37. The normalized spacial score (nSPS) is 9.85. The number of benzene rings is 1. The molecule has 0 saturated carbocycles. The average molecular weight is 272 g/mol. The third kappa shape index (κ3) is 2.29. The maximum absolute atomic E-state index is 14.1. The Morgan fingerprint density at radius 2 is 2.20 bits per heavy atom. The maximum Gasteiger partial charge on any atom is 0.338 e. The van der Waals surface area contributed by atoms with Crippen molar-refractivity contribution in [1.82, 2.24) is 4.98 Å². The van der Waals surface area contributed by atoms with Gasteiger partial charge >= 0.3 is 5.97 Å². The van der Waals surface area contributed by atoms with Crippen molar-refractivity contribution >= 4 is 5.97 Å². The van der Waals surface area contributed by atoms with E-state index in [1.807, 2.05) is 6.07 Å². The first-order valence-electron chi connectivity index (χ1n) is 5.54. The zero-order valence-electron chi connectivity index (χ0n) is 10.4. The number of aromatic carboxylic acids is 1. The number of nitriles is 1. The molecule has 0 aliphatic heterocycles. The van der Waals surface area contributed by atoms with Crippen LogP contribution in [0.2, 0.25) is 0 Å². The molecule has 0 amide bonds. The highest BCUT2D eigenvalue weighted by molar-refractivity contribution is 5.89. The highest BCUT2D eigenvalue weighted by atomic mass is 19.1. The number of aromatic nitrogens is 1. The van der Waals surface area contributed by atoms with Gasteiger partial charge in [-0.05, 0) is 24.3 Å². The van der Waals surface area contributed by atoms with Gasteiger partial charge in [0.25, 0.3) is 0 Å². The van der Waals surface area contributed by atoms with E-state index in [0.29, 0.717) is 11.3 Å². The van der Waals surface area contributed by atoms with Gasteiger partial charge in [0, 0.05) is 11.8 Å². The molecule has 0 atom stereocenters. The first-order chi connectivity index (χ1) is 9.58. The smallest absolute Gasteiger partial charge is 0.338 e. The van der Waals surface area contributed by atoms with Crippen LogP contribution in [0.25, 0.3) is 11.3 Å². The van der Waals surface area contributed by atoms with Gasteiger partial charge in [-0.1, -0.05) is 0 Å². The van der Waals surface area contributed by atoms with Crippen molar-refractivity contribution in [1.29, 1.82) is 5.26 Å². The van der Waals surface area contributed by atoms with Gasteiger partial charge in [0.05, 0.1) is 18.2 Å². The second-order valence-corrected chi connectivity index (χ2v) is 3.85. The van der Waals surface area contributed by atoms with Crippen molar-refractivity contribution in [3.05, 3.63) is 47.4 Å². The summed E-state index contributed by atoms with van der Waals surface area (Å²) in [5.74, 6) is -1.96. The first-order valence-corrected chi connectivity index (χ1v) is 5.54. The molecule has 1 aromatic heterocycles. The molecule has 0 unspecified atom stereocenters. The molecule has 1 heterocycles. The molecule has 20 heavy (non-hydrogen) atoms. The topological polar surface area (TPSA) is 83.2 Å². The Labute approximate surface area is 113 Å². The van der Waals surface area contributed by atoms with Crippen molar-refractivity contribution in [2.45, 2.75) is 0 Å². The third-order valence-corrected chi connectivity index (χ3v) is 2.71. The molecular formula is C14H9FN2O3. The van der Waals surface area contributed by atoms with E-state index in [9.17, 15) is 9.18 Å². The van der Waals surface area contributed by atoms with E-state index in [1.54, 1.807) is 0 Å². The van der Waals surface area contributed by atoms with Gasteiger partial charge in [-0.25, -0.2) is 9.18 Å². The SMILES string of the molecule is COc1ccc(-c2nccc(C(=O)O)c2F)cc1C#N. The van der Waals surface area contributed by atoms with Crippen LogP contribution in [0.15, 0.2) is 30.5 Å². The fourth-order valence-corrected chi connectivity index (χ4v) is 1.75. The molecule has 0 radical (unpaired) electrons. The molecule has 1 aromatic carbocycles. The van der Waals surface area contributed by atoms with Crippen molar-refractivity contribution in [2.75, 3.05) is 7.11 Å². The summed E-state index contributed by atoms with van der Waals surface area (Å²) in [6.07, 6.45) is 1.21. The molecule has 5 nitrogen and oxygen atoms in total. The fourth-order valence-electron chi connectivity index (χ4n) is 1.75. The van der Waals surface area contributed by atoms with Crippen molar-refractivity contribution in [3.8, 4) is 23.1 Å². The van der Waals surface area contributed by atoms with Crippen LogP contribution >= 0.6 is 0 Å². The Hall–Kier alpha value is -2.94. The fraction of sp³-hybridized carbons (Fsp3) is 0.0714. The monoisotopic (exact) mass is 272 g/mol. The molecule has 0 aliphatic carbocycles. The summed E-state index contributed by atoms with van der Waals surface area (Å²) in [4.78, 5) is 14.7. The van der Waals surface area contributed by atoms with Crippen LogP contribution in [0.5, 0.6) is 5.75 Å². The lowest BCUT2D eigenvalue weighted by molar-refractivity contribution is 0.0692. The number of rotatable bonds is 3. The molecule has 2 rings (SSSR count). The second-order valence-electron chi connectivity index (χ2n) is 3.85. The second kappa shape index (κ2) is 5.36. The summed E-state index contributed by atoms with van der Waals surface area (Å²) in [5.41, 5.74) is -0.0664. The van der Waals surface area contributed by atoms with Crippen molar-refractivity contribution < 1.29 is 19.0 Å². The Morgan fingerprint density at radius 1 is 1.45 bits per heavy atom. The number of hydrogen-bond acceptors (Lipinski definition) is 4. The lowest BCUT2D eigenvalue weighted by Crippen LogP contribution is -2.03. The van der Waals surface area contributed by atoms with Gasteiger partial charge in [-0.15, -0.1) is 0 Å². The Bertz CT molecular complexity index is 723. The number of carboxylic acid groups (broad SMARTS) is 1. The molecule has 0 aliphatic rings. The number of nitrogens with zero attached hydrogens (tertiary/aromatic N) is 2. The Kier molecular flexibility index (Phi) is 3.62. The number of halogens is 1. The van der Waals surface area contributed by atoms with Crippen LogP contribution in [-0.2, 0) is 0 Å². The number of methoxy groups -OCH3 is 1. The first kappa shape index (κ1) is 13.5. The molecule has 2 aromatic rings. The number of carbonyl (C=O) groups is 1. The molecule has 1 N–H and O–H groups in total. The maximum atomic E-state index is 14.1. The van der Waals surface area contributed by atoms with Crippen LogP contribution in [0.4, 0.5) is 4.39 Å². The minimum Gasteiger partial charge on any atom is -0.495 e. The summed E-state index contributed by atoms with van der Waals surface area (Å²) < 4.78 is 19.1. The lowest BCUT2D eigenvalue weighted by Gasteiger charge is -2.07.